The summed E-state index contributed by atoms with van der Waals surface area (Å²) >= 11 is 5.59. The molecule has 2 aromatic carbocycles. The number of thiocarbonyl (C=S) groups is 1. The normalized spacial score (nSPS) is 13.1. The van der Waals surface area contributed by atoms with Crippen molar-refractivity contribution in [1.29, 1.82) is 5.26 Å². The number of carbonyl (C=O) groups is 1. The Kier molecular flexibility index (Phi) is 10.6. The molecule has 0 bridgehead atoms. The molecule has 4 rings (SSSR count). The molecule has 0 saturated carbocycles. The molecule has 0 unspecified atom stereocenters. The lowest BCUT2D eigenvalue weighted by Gasteiger charge is -2.37. The van der Waals surface area contributed by atoms with Gasteiger partial charge in [-0.1, -0.05) is 32.9 Å². The van der Waals surface area contributed by atoms with E-state index in [9.17, 15) is 4.79 Å². The summed E-state index contributed by atoms with van der Waals surface area (Å²) in [5.74, 6) is 0.555. The molecule has 0 atom stereocenters. The van der Waals surface area contributed by atoms with Gasteiger partial charge in [0, 0.05) is 63.4 Å². The highest BCUT2D eigenvalue weighted by Gasteiger charge is 2.21. The van der Waals surface area contributed by atoms with Gasteiger partial charge in [0.1, 0.15) is 0 Å². The van der Waals surface area contributed by atoms with E-state index in [4.69, 9.17) is 17.5 Å². The van der Waals surface area contributed by atoms with Crippen molar-refractivity contribution in [2.24, 2.45) is 5.92 Å². The van der Waals surface area contributed by atoms with Crippen LogP contribution in [0.3, 0.4) is 0 Å². The van der Waals surface area contributed by atoms with Gasteiger partial charge < -0.3 is 25.0 Å². The molecule has 1 fully saturated rings. The minimum absolute atomic E-state index is 0.137. The summed E-state index contributed by atoms with van der Waals surface area (Å²) in [7, 11) is 0. The summed E-state index contributed by atoms with van der Waals surface area (Å²) in [6.45, 7) is 12.4. The molecule has 41 heavy (non-hydrogen) atoms. The molecule has 2 heterocycles. The lowest BCUT2D eigenvalue weighted by molar-refractivity contribution is 0.246. The van der Waals surface area contributed by atoms with E-state index in [1.807, 2.05) is 47.9 Å². The van der Waals surface area contributed by atoms with E-state index in [1.54, 1.807) is 17.4 Å². The first-order valence-corrected chi connectivity index (χ1v) is 14.7. The van der Waals surface area contributed by atoms with E-state index in [1.165, 1.54) is 0 Å². The molecule has 1 aromatic heterocycles. The van der Waals surface area contributed by atoms with Gasteiger partial charge in [0.05, 0.1) is 30.2 Å². The third-order valence-electron chi connectivity index (χ3n) is 7.08. The SMILES string of the molecule is CCCNC(=O)N(Cc1cncn1Cc1ccc(C#N)cc1)c1ccc(N2CCN(C(=S)NCC(C)C)CC2)cc1. The number of urea groups is 1. The summed E-state index contributed by atoms with van der Waals surface area (Å²) in [4.78, 5) is 24.0. The second-order valence-electron chi connectivity index (χ2n) is 10.7. The lowest BCUT2D eigenvalue weighted by Crippen LogP contribution is -2.52. The van der Waals surface area contributed by atoms with E-state index in [0.29, 0.717) is 31.1 Å². The molecule has 1 aliphatic heterocycles. The number of imidazole rings is 1. The van der Waals surface area contributed by atoms with Gasteiger partial charge >= 0.3 is 6.03 Å². The molecule has 216 valence electrons. The van der Waals surface area contributed by atoms with Gasteiger partial charge in [-0.2, -0.15) is 5.26 Å². The summed E-state index contributed by atoms with van der Waals surface area (Å²) in [5, 5.41) is 16.3. The number of hydrogen-bond acceptors (Lipinski definition) is 5. The van der Waals surface area contributed by atoms with E-state index in [-0.39, 0.29) is 6.03 Å². The van der Waals surface area contributed by atoms with E-state index in [2.05, 4.69) is 57.5 Å². The zero-order valence-electron chi connectivity index (χ0n) is 24.2. The first kappa shape index (κ1) is 29.9. The first-order valence-electron chi connectivity index (χ1n) is 14.3. The molecular formula is C31H40N8OS. The highest BCUT2D eigenvalue weighted by atomic mass is 32.1. The predicted octanol–water partition coefficient (Wildman–Crippen LogP) is 4.58. The Bertz CT molecular complexity index is 1320. The van der Waals surface area contributed by atoms with Crippen molar-refractivity contribution in [2.45, 2.75) is 40.3 Å². The quantitative estimate of drug-likeness (QED) is 0.344. The molecule has 9 nitrogen and oxygen atoms in total. The zero-order valence-corrected chi connectivity index (χ0v) is 25.0. The van der Waals surface area contributed by atoms with E-state index in [0.717, 1.165) is 66.9 Å². The van der Waals surface area contributed by atoms with Gasteiger partial charge in [-0.15, -0.1) is 0 Å². The number of nitrogens with zero attached hydrogens (tertiary/aromatic N) is 6. The Labute approximate surface area is 248 Å². The Morgan fingerprint density at radius 2 is 1.78 bits per heavy atom. The van der Waals surface area contributed by atoms with Crippen LogP contribution >= 0.6 is 12.2 Å². The number of hydrogen-bond donors (Lipinski definition) is 2. The number of piperazine rings is 1. The molecule has 0 radical (unpaired) electrons. The van der Waals surface area contributed by atoms with Crippen molar-refractivity contribution in [1.82, 2.24) is 25.1 Å². The topological polar surface area (TPSA) is 92.5 Å². The first-order chi connectivity index (χ1) is 19.9. The van der Waals surface area contributed by atoms with Crippen molar-refractivity contribution in [3.8, 4) is 6.07 Å². The smallest absolute Gasteiger partial charge is 0.322 e. The second-order valence-corrected chi connectivity index (χ2v) is 11.1. The molecule has 1 saturated heterocycles. The maximum atomic E-state index is 13.3. The van der Waals surface area contributed by atoms with Crippen molar-refractivity contribution in [2.75, 3.05) is 49.1 Å². The fraction of sp³-hybridized carbons (Fsp3) is 0.419. The maximum Gasteiger partial charge on any atom is 0.322 e. The highest BCUT2D eigenvalue weighted by Crippen LogP contribution is 2.24. The van der Waals surface area contributed by atoms with Crippen LogP contribution in [0.5, 0.6) is 0 Å². The summed E-state index contributed by atoms with van der Waals surface area (Å²) in [5.41, 5.74) is 4.57. The summed E-state index contributed by atoms with van der Waals surface area (Å²) in [6.07, 6.45) is 4.44. The number of carbonyl (C=O) groups excluding carboxylic acids is 1. The van der Waals surface area contributed by atoms with Crippen molar-refractivity contribution in [3.05, 3.63) is 77.9 Å². The average Bonchev–Trinajstić information content (AvgIpc) is 3.44. The standard InChI is InChI=1S/C31H40N8OS/c1-4-13-34-30(40)39(22-29-20-33-23-38(29)21-26-7-5-25(18-32)6-8-26)28-11-9-27(10-12-28)36-14-16-37(17-15-36)31(41)35-19-24(2)3/h5-12,20,23-24H,4,13-17,19,21-22H2,1-3H3,(H,34,40)(H,35,41). The Balaban J connectivity index is 1.44. The molecule has 2 N–H and O–H groups in total. The third kappa shape index (κ3) is 8.21. The average molecular weight is 573 g/mol. The summed E-state index contributed by atoms with van der Waals surface area (Å²) in [6, 6.07) is 17.8. The zero-order chi connectivity index (χ0) is 29.2. The van der Waals surface area contributed by atoms with E-state index >= 15 is 0 Å². The molecular weight excluding hydrogens is 532 g/mol. The third-order valence-corrected chi connectivity index (χ3v) is 7.48. The predicted molar refractivity (Wildman–Crippen MR) is 168 cm³/mol. The van der Waals surface area contributed by atoms with Crippen LogP contribution in [0.4, 0.5) is 16.2 Å². The van der Waals surface area contributed by atoms with Crippen LogP contribution in [0.1, 0.15) is 44.0 Å². The number of aromatic nitrogens is 2. The van der Waals surface area contributed by atoms with Crippen LogP contribution in [-0.2, 0) is 13.1 Å². The molecule has 10 heteroatoms. The summed E-state index contributed by atoms with van der Waals surface area (Å²) < 4.78 is 2.04. The Morgan fingerprint density at radius 1 is 1.07 bits per heavy atom. The van der Waals surface area contributed by atoms with Crippen LogP contribution in [-0.4, -0.2) is 64.9 Å². The molecule has 2 amide bonds. The van der Waals surface area contributed by atoms with Crippen LogP contribution in [0, 0.1) is 17.2 Å². The van der Waals surface area contributed by atoms with Gasteiger partial charge in [0.25, 0.3) is 0 Å². The second kappa shape index (κ2) is 14.5. The minimum Gasteiger partial charge on any atom is -0.368 e. The van der Waals surface area contributed by atoms with Gasteiger partial charge in [0.15, 0.2) is 5.11 Å². The number of nitriles is 1. The van der Waals surface area contributed by atoms with Crippen molar-refractivity contribution < 1.29 is 4.79 Å². The number of amides is 2. The molecule has 3 aromatic rings. The fourth-order valence-electron chi connectivity index (χ4n) is 4.69. The van der Waals surface area contributed by atoms with Gasteiger partial charge in [0.2, 0.25) is 0 Å². The van der Waals surface area contributed by atoms with Crippen LogP contribution in [0.15, 0.2) is 61.1 Å². The molecule has 1 aliphatic rings. The van der Waals surface area contributed by atoms with Gasteiger partial charge in [-0.25, -0.2) is 9.78 Å². The van der Waals surface area contributed by atoms with Gasteiger partial charge in [-0.05, 0) is 66.5 Å². The maximum absolute atomic E-state index is 13.3. The monoisotopic (exact) mass is 572 g/mol. The van der Waals surface area contributed by atoms with Crippen molar-refractivity contribution >= 4 is 34.7 Å². The Morgan fingerprint density at radius 3 is 2.41 bits per heavy atom. The van der Waals surface area contributed by atoms with Crippen LogP contribution in [0.2, 0.25) is 0 Å². The minimum atomic E-state index is -0.137. The largest absolute Gasteiger partial charge is 0.368 e. The fourth-order valence-corrected chi connectivity index (χ4v) is 4.95. The number of benzene rings is 2. The van der Waals surface area contributed by atoms with Crippen molar-refractivity contribution in [3.63, 3.8) is 0 Å². The van der Waals surface area contributed by atoms with Gasteiger partial charge in [-0.3, -0.25) is 4.90 Å². The molecule has 0 aliphatic carbocycles. The van der Waals surface area contributed by atoms with Crippen LogP contribution < -0.4 is 20.4 Å². The highest BCUT2D eigenvalue weighted by molar-refractivity contribution is 7.80. The number of anilines is 2. The molecule has 0 spiro atoms. The van der Waals surface area contributed by atoms with Crippen LogP contribution in [0.25, 0.3) is 0 Å². The number of nitrogens with one attached hydrogen (secondary N) is 2. The van der Waals surface area contributed by atoms with E-state index < -0.39 is 0 Å². The Hall–Kier alpha value is -4.10. The number of rotatable bonds is 10. The lowest BCUT2D eigenvalue weighted by atomic mass is 10.1.